The fourth-order valence-corrected chi connectivity index (χ4v) is 1.87. The first-order valence-corrected chi connectivity index (χ1v) is 5.47. The molecule has 0 aliphatic heterocycles. The van der Waals surface area contributed by atoms with Gasteiger partial charge in [0.25, 0.3) is 11.3 Å². The molecule has 0 unspecified atom stereocenters. The molecule has 0 saturated heterocycles. The second-order valence-electron chi connectivity index (χ2n) is 3.66. The molecule has 0 amide bonds. The van der Waals surface area contributed by atoms with E-state index < -0.39 is 10.7 Å². The number of hydrogen-bond donors (Lipinski definition) is 1. The molecular weight excluding hydrogens is 262 g/mol. The summed E-state index contributed by atoms with van der Waals surface area (Å²) < 4.78 is 2.61. The van der Waals surface area contributed by atoms with Crippen LogP contribution in [0.5, 0.6) is 5.88 Å². The lowest BCUT2D eigenvalue weighted by Crippen LogP contribution is -2.26. The predicted molar refractivity (Wildman–Crippen MR) is 61.9 cm³/mol. The highest BCUT2D eigenvalue weighted by Crippen LogP contribution is 2.20. The predicted octanol–water partition coefficient (Wildman–Crippen LogP) is 0.799. The molecule has 7 nitrogen and oxygen atoms in total. The van der Waals surface area contributed by atoms with E-state index in [2.05, 4.69) is 0 Å². The van der Waals surface area contributed by atoms with Gasteiger partial charge >= 0.3 is 11.6 Å². The Labute approximate surface area is 106 Å². The van der Waals surface area contributed by atoms with Crippen LogP contribution in [0.2, 0.25) is 0 Å². The topological polar surface area (TPSA) is 88.7 Å². The van der Waals surface area contributed by atoms with Crippen LogP contribution in [0.4, 0.5) is 5.69 Å². The number of alkyl halides is 1. The largest absolute Gasteiger partial charge is 0.475 e. The average molecular weight is 271 g/mol. The Morgan fingerprint density at radius 2 is 2.28 bits per heavy atom. The van der Waals surface area contributed by atoms with Gasteiger partial charge < -0.3 is 5.11 Å². The molecule has 0 saturated carbocycles. The molecule has 2 rings (SSSR count). The third-order valence-electron chi connectivity index (χ3n) is 2.62. The molecule has 8 heteroatoms. The third-order valence-corrected chi connectivity index (χ3v) is 2.86. The van der Waals surface area contributed by atoms with Gasteiger partial charge in [-0.2, -0.15) is 8.97 Å². The van der Waals surface area contributed by atoms with E-state index in [4.69, 9.17) is 11.6 Å². The van der Waals surface area contributed by atoms with Crippen LogP contribution in [-0.2, 0) is 7.05 Å². The third kappa shape index (κ3) is 1.68. The molecule has 0 aromatic carbocycles. The number of fused-ring (bicyclic) bond motifs is 1. The molecule has 0 radical (unpaired) electrons. The highest BCUT2D eigenvalue weighted by molar-refractivity contribution is 6.30. The van der Waals surface area contributed by atoms with Crippen LogP contribution in [0.3, 0.4) is 0 Å². The molecule has 2 aromatic rings. The number of Topliss-reactive ketones (excluding diaryl/α,β-unsaturated/α-hetero) is 1. The Morgan fingerprint density at radius 1 is 1.61 bits per heavy atom. The van der Waals surface area contributed by atoms with Gasteiger partial charge in [-0.05, 0) is 0 Å². The molecule has 94 valence electrons. The summed E-state index contributed by atoms with van der Waals surface area (Å²) >= 11 is 5.45. The molecule has 1 N–H and O–H groups in total. The minimum Gasteiger partial charge on any atom is -0.475 e. The smallest absolute Gasteiger partial charge is 0.334 e. The van der Waals surface area contributed by atoms with Crippen LogP contribution < -0.4 is 4.57 Å². The number of nitro groups is 1. The number of ketones is 1. The highest BCUT2D eigenvalue weighted by atomic mass is 35.5. The Hall–Kier alpha value is -2.15. The zero-order valence-electron chi connectivity index (χ0n) is 9.33. The zero-order chi connectivity index (χ0) is 13.4. The van der Waals surface area contributed by atoms with E-state index in [0.717, 1.165) is 0 Å². The number of aromatic nitrogens is 2. The van der Waals surface area contributed by atoms with Gasteiger partial charge in [0.15, 0.2) is 6.20 Å². The number of nitrogens with zero attached hydrogens (tertiary/aromatic N) is 3. The van der Waals surface area contributed by atoms with Gasteiger partial charge in [0, 0.05) is 12.1 Å². The van der Waals surface area contributed by atoms with Crippen molar-refractivity contribution in [1.29, 1.82) is 0 Å². The van der Waals surface area contributed by atoms with Crippen molar-refractivity contribution in [3.8, 4) is 5.88 Å². The second-order valence-corrected chi connectivity index (χ2v) is 3.93. The summed E-state index contributed by atoms with van der Waals surface area (Å²) in [6.07, 6.45) is 1.18. The second kappa shape index (κ2) is 4.26. The maximum atomic E-state index is 11.6. The highest BCUT2D eigenvalue weighted by Gasteiger charge is 2.29. The van der Waals surface area contributed by atoms with E-state index in [1.807, 2.05) is 0 Å². The van der Waals surface area contributed by atoms with E-state index in [9.17, 15) is 20.0 Å². The number of aryl methyl sites for hydroxylation is 1. The number of aromatic hydroxyl groups is 1. The van der Waals surface area contributed by atoms with Crippen molar-refractivity contribution in [3.05, 3.63) is 34.1 Å². The van der Waals surface area contributed by atoms with Crippen molar-refractivity contribution in [2.24, 2.45) is 7.05 Å². The van der Waals surface area contributed by atoms with Crippen molar-refractivity contribution < 1.29 is 19.4 Å². The maximum Gasteiger partial charge on any atom is 0.334 e. The Bertz CT molecular complexity index is 665. The number of imidazole rings is 1. The quantitative estimate of drug-likeness (QED) is 0.294. The number of carbonyl (C=O) groups is 1. The van der Waals surface area contributed by atoms with Crippen LogP contribution in [0, 0.1) is 10.1 Å². The lowest BCUT2D eigenvalue weighted by molar-refractivity contribution is -0.651. The fourth-order valence-electron chi connectivity index (χ4n) is 1.74. The van der Waals surface area contributed by atoms with Crippen LogP contribution in [-0.4, -0.2) is 26.1 Å². The van der Waals surface area contributed by atoms with Gasteiger partial charge in [0.1, 0.15) is 0 Å². The summed E-state index contributed by atoms with van der Waals surface area (Å²) in [7, 11) is 1.54. The summed E-state index contributed by atoms with van der Waals surface area (Å²) in [4.78, 5) is 21.8. The van der Waals surface area contributed by atoms with Crippen molar-refractivity contribution >= 4 is 28.7 Å². The Balaban J connectivity index is 2.83. The monoisotopic (exact) mass is 270 g/mol. The molecule has 0 aliphatic rings. The van der Waals surface area contributed by atoms with E-state index in [1.54, 1.807) is 7.05 Å². The molecule has 2 heterocycles. The number of halogens is 1. The molecule has 2 aromatic heterocycles. The standard InChI is InChI=1S/C10H8ClN3O4/c1-12-8-3-2-6(14(17)18)5-13(8)9(10(12)16)7(15)4-11/h2-3,5H,4H2,1H3/p+1. The maximum absolute atomic E-state index is 11.6. The number of pyridine rings is 1. The van der Waals surface area contributed by atoms with Crippen LogP contribution >= 0.6 is 11.6 Å². The first kappa shape index (κ1) is 12.3. The minimum atomic E-state index is -0.578. The minimum absolute atomic E-state index is 0.0637. The summed E-state index contributed by atoms with van der Waals surface area (Å²) in [6, 6.07) is 2.74. The van der Waals surface area contributed by atoms with Crippen molar-refractivity contribution in [2.75, 3.05) is 5.88 Å². The number of carbonyl (C=O) groups excluding carboxylic acids is 1. The zero-order valence-corrected chi connectivity index (χ0v) is 10.1. The Morgan fingerprint density at radius 3 is 2.83 bits per heavy atom. The van der Waals surface area contributed by atoms with Gasteiger partial charge in [-0.3, -0.25) is 14.9 Å². The van der Waals surface area contributed by atoms with E-state index >= 15 is 0 Å². The van der Waals surface area contributed by atoms with Gasteiger partial charge in [-0.25, -0.2) is 0 Å². The lowest BCUT2D eigenvalue weighted by atomic mass is 10.3. The summed E-state index contributed by atoms with van der Waals surface area (Å²) in [5, 5.41) is 20.5. The van der Waals surface area contributed by atoms with E-state index in [-0.39, 0.29) is 23.1 Å². The fraction of sp³-hybridized carbons (Fsp3) is 0.200. The van der Waals surface area contributed by atoms with Crippen LogP contribution in [0.25, 0.3) is 5.65 Å². The molecular formula is C10H9ClN3O4+. The average Bonchev–Trinajstić information content (AvgIpc) is 2.61. The lowest BCUT2D eigenvalue weighted by Gasteiger charge is -1.92. The molecule has 0 atom stereocenters. The van der Waals surface area contributed by atoms with Gasteiger partial charge in [-0.1, -0.05) is 0 Å². The SMILES string of the molecule is C[n+]1c(O)c(C(=O)CCl)n2cc([N+](=O)[O-])ccc21. The van der Waals surface area contributed by atoms with Crippen molar-refractivity contribution in [2.45, 2.75) is 0 Å². The molecule has 0 fully saturated rings. The molecule has 0 spiro atoms. The Kier molecular flexibility index (Phi) is 2.92. The molecule has 18 heavy (non-hydrogen) atoms. The number of rotatable bonds is 3. The summed E-state index contributed by atoms with van der Waals surface area (Å²) in [6.45, 7) is 0. The summed E-state index contributed by atoms with van der Waals surface area (Å²) in [5.41, 5.74) is 0.208. The van der Waals surface area contributed by atoms with E-state index in [1.165, 1.54) is 27.3 Å². The van der Waals surface area contributed by atoms with Gasteiger partial charge in [-0.15, -0.1) is 11.6 Å². The van der Waals surface area contributed by atoms with Gasteiger partial charge in [0.05, 0.1) is 17.9 Å². The van der Waals surface area contributed by atoms with Crippen LogP contribution in [0.1, 0.15) is 10.5 Å². The van der Waals surface area contributed by atoms with Crippen molar-refractivity contribution in [3.63, 3.8) is 0 Å². The first-order chi connectivity index (χ1) is 8.47. The molecule has 0 aliphatic carbocycles. The van der Waals surface area contributed by atoms with Gasteiger partial charge in [0.2, 0.25) is 5.78 Å². The first-order valence-electron chi connectivity index (χ1n) is 4.94. The van der Waals surface area contributed by atoms with E-state index in [0.29, 0.717) is 5.65 Å². The summed E-state index contributed by atoms with van der Waals surface area (Å²) in [5.74, 6) is -1.10. The number of hydrogen-bond acceptors (Lipinski definition) is 4. The molecule has 0 bridgehead atoms. The van der Waals surface area contributed by atoms with Crippen LogP contribution in [0.15, 0.2) is 18.3 Å². The normalized spacial score (nSPS) is 10.8. The van der Waals surface area contributed by atoms with Crippen molar-refractivity contribution in [1.82, 2.24) is 4.40 Å².